The third kappa shape index (κ3) is 3.58. The zero-order valence-corrected chi connectivity index (χ0v) is 15.1. The van der Waals surface area contributed by atoms with E-state index in [1.807, 2.05) is 24.0 Å². The Balaban J connectivity index is 1.43. The van der Waals surface area contributed by atoms with Gasteiger partial charge >= 0.3 is 0 Å². The zero-order chi connectivity index (χ0) is 16.4. The number of anilines is 1. The Morgan fingerprint density at radius 2 is 1.96 bits per heavy atom. The van der Waals surface area contributed by atoms with E-state index in [4.69, 9.17) is 0 Å². The van der Waals surface area contributed by atoms with E-state index in [2.05, 4.69) is 43.7 Å². The number of pyridine rings is 1. The van der Waals surface area contributed by atoms with Crippen molar-refractivity contribution in [3.63, 3.8) is 0 Å². The minimum absolute atomic E-state index is 0.617. The normalized spacial score (nSPS) is 19.0. The molecular weight excluding hydrogens is 318 g/mol. The molecular formula is C18H25N5S. The van der Waals surface area contributed by atoms with E-state index in [-0.39, 0.29) is 0 Å². The first-order valence-corrected chi connectivity index (χ1v) is 10.0. The van der Waals surface area contributed by atoms with Gasteiger partial charge in [0.2, 0.25) is 5.95 Å². The predicted octanol–water partition coefficient (Wildman–Crippen LogP) is 3.58. The quantitative estimate of drug-likeness (QED) is 0.750. The van der Waals surface area contributed by atoms with Crippen molar-refractivity contribution in [1.29, 1.82) is 0 Å². The average Bonchev–Trinajstić information content (AvgIpc) is 3.37. The van der Waals surface area contributed by atoms with Crippen LogP contribution in [0.15, 0.2) is 29.6 Å². The van der Waals surface area contributed by atoms with Crippen molar-refractivity contribution in [3.8, 4) is 0 Å². The van der Waals surface area contributed by atoms with Gasteiger partial charge in [-0.05, 0) is 50.2 Å². The van der Waals surface area contributed by atoms with Crippen LogP contribution >= 0.6 is 11.8 Å². The highest BCUT2D eigenvalue weighted by Gasteiger charge is 2.32. The van der Waals surface area contributed by atoms with E-state index >= 15 is 0 Å². The van der Waals surface area contributed by atoms with E-state index in [0.717, 1.165) is 48.0 Å². The summed E-state index contributed by atoms with van der Waals surface area (Å²) >= 11 is 1.82. The van der Waals surface area contributed by atoms with Crippen molar-refractivity contribution in [2.45, 2.75) is 50.2 Å². The predicted molar refractivity (Wildman–Crippen MR) is 97.6 cm³/mol. The number of hydrogen-bond donors (Lipinski definition) is 0. The molecule has 5 nitrogen and oxygen atoms in total. The molecule has 4 rings (SSSR count). The van der Waals surface area contributed by atoms with Gasteiger partial charge in [-0.3, -0.25) is 9.55 Å². The summed E-state index contributed by atoms with van der Waals surface area (Å²) in [7, 11) is 0. The fourth-order valence-corrected chi connectivity index (χ4v) is 4.20. The number of hydrogen-bond acceptors (Lipinski definition) is 5. The van der Waals surface area contributed by atoms with Gasteiger partial charge in [-0.1, -0.05) is 24.8 Å². The third-order valence-electron chi connectivity index (χ3n) is 4.94. The molecule has 0 radical (unpaired) electrons. The second kappa shape index (κ2) is 7.13. The number of nitrogens with zero attached hydrogens (tertiary/aromatic N) is 5. The van der Waals surface area contributed by atoms with Crippen molar-refractivity contribution in [2.75, 3.05) is 23.7 Å². The molecule has 0 atom stereocenters. The summed E-state index contributed by atoms with van der Waals surface area (Å²) in [4.78, 5) is 6.84. The molecule has 1 aliphatic carbocycles. The topological polar surface area (TPSA) is 46.8 Å². The number of aryl methyl sites for hydroxylation is 1. The van der Waals surface area contributed by atoms with Crippen LogP contribution in [0.25, 0.3) is 0 Å². The summed E-state index contributed by atoms with van der Waals surface area (Å²) in [6.45, 7) is 4.58. The van der Waals surface area contributed by atoms with Crippen LogP contribution in [-0.4, -0.2) is 38.6 Å². The van der Waals surface area contributed by atoms with Gasteiger partial charge in [-0.15, -0.1) is 10.2 Å². The van der Waals surface area contributed by atoms with Crippen LogP contribution in [0.4, 0.5) is 5.95 Å². The molecule has 128 valence electrons. The second-order valence-electron chi connectivity index (χ2n) is 6.97. The number of rotatable bonds is 6. The van der Waals surface area contributed by atoms with Crippen molar-refractivity contribution in [3.05, 3.63) is 30.1 Å². The van der Waals surface area contributed by atoms with Crippen LogP contribution in [0.5, 0.6) is 0 Å². The molecule has 24 heavy (non-hydrogen) atoms. The van der Waals surface area contributed by atoms with Crippen LogP contribution in [0.2, 0.25) is 0 Å². The highest BCUT2D eigenvalue weighted by molar-refractivity contribution is 7.99. The lowest BCUT2D eigenvalue weighted by molar-refractivity contribution is 0.429. The maximum Gasteiger partial charge on any atom is 0.228 e. The Morgan fingerprint density at radius 1 is 1.12 bits per heavy atom. The standard InChI is InChI=1S/C18H25N5S/c1-14-7-11-22(12-8-14)17-20-21-18(23(17)16-5-6-16)24-13-9-15-4-2-3-10-19-15/h2-4,10,14,16H,5-9,11-13H2,1H3. The molecule has 0 unspecified atom stereocenters. The molecule has 6 heteroatoms. The van der Waals surface area contributed by atoms with Crippen LogP contribution in [0.1, 0.15) is 44.3 Å². The molecule has 0 amide bonds. The summed E-state index contributed by atoms with van der Waals surface area (Å²) in [6, 6.07) is 6.72. The van der Waals surface area contributed by atoms with E-state index in [0.29, 0.717) is 6.04 Å². The summed E-state index contributed by atoms with van der Waals surface area (Å²) in [5.74, 6) is 2.94. The lowest BCUT2D eigenvalue weighted by atomic mass is 10.00. The molecule has 3 heterocycles. The Labute approximate surface area is 147 Å². The molecule has 1 saturated carbocycles. The summed E-state index contributed by atoms with van der Waals surface area (Å²) in [5.41, 5.74) is 1.15. The molecule has 0 N–H and O–H groups in total. The largest absolute Gasteiger partial charge is 0.341 e. The van der Waals surface area contributed by atoms with Gasteiger partial charge in [0, 0.05) is 36.8 Å². The molecule has 2 aromatic rings. The van der Waals surface area contributed by atoms with Gasteiger partial charge in [-0.2, -0.15) is 0 Å². The number of piperidine rings is 1. The molecule has 0 spiro atoms. The lowest BCUT2D eigenvalue weighted by Gasteiger charge is -2.31. The van der Waals surface area contributed by atoms with Crippen molar-refractivity contribution < 1.29 is 0 Å². The first-order chi connectivity index (χ1) is 11.8. The Bertz CT molecular complexity index is 659. The van der Waals surface area contributed by atoms with Gasteiger partial charge < -0.3 is 4.90 Å². The van der Waals surface area contributed by atoms with Crippen LogP contribution in [0.3, 0.4) is 0 Å². The van der Waals surface area contributed by atoms with Gasteiger partial charge in [0.1, 0.15) is 0 Å². The van der Waals surface area contributed by atoms with Gasteiger partial charge in [0.25, 0.3) is 0 Å². The molecule has 1 aliphatic heterocycles. The maximum atomic E-state index is 4.55. The van der Waals surface area contributed by atoms with Crippen LogP contribution in [0, 0.1) is 5.92 Å². The maximum absolute atomic E-state index is 4.55. The van der Waals surface area contributed by atoms with Gasteiger partial charge in [0.15, 0.2) is 5.16 Å². The lowest BCUT2D eigenvalue weighted by Crippen LogP contribution is -2.34. The minimum Gasteiger partial charge on any atom is -0.341 e. The molecule has 1 saturated heterocycles. The van der Waals surface area contributed by atoms with E-state index < -0.39 is 0 Å². The van der Waals surface area contributed by atoms with Gasteiger partial charge in [0.05, 0.1) is 0 Å². The van der Waals surface area contributed by atoms with Crippen LogP contribution in [-0.2, 0) is 6.42 Å². The summed E-state index contributed by atoms with van der Waals surface area (Å²) in [6.07, 6.45) is 7.90. The Morgan fingerprint density at radius 3 is 2.67 bits per heavy atom. The number of aromatic nitrogens is 4. The van der Waals surface area contributed by atoms with E-state index in [1.165, 1.54) is 25.7 Å². The van der Waals surface area contributed by atoms with Crippen molar-refractivity contribution in [1.82, 2.24) is 19.7 Å². The van der Waals surface area contributed by atoms with Gasteiger partial charge in [-0.25, -0.2) is 0 Å². The Kier molecular flexibility index (Phi) is 4.74. The zero-order valence-electron chi connectivity index (χ0n) is 14.3. The summed E-state index contributed by atoms with van der Waals surface area (Å²) in [5, 5.41) is 10.2. The first kappa shape index (κ1) is 15.9. The van der Waals surface area contributed by atoms with Crippen molar-refractivity contribution in [2.24, 2.45) is 5.92 Å². The van der Waals surface area contributed by atoms with E-state index in [9.17, 15) is 0 Å². The molecule has 2 fully saturated rings. The average molecular weight is 344 g/mol. The van der Waals surface area contributed by atoms with Crippen molar-refractivity contribution >= 4 is 17.7 Å². The molecule has 2 aromatic heterocycles. The Hall–Kier alpha value is -1.56. The minimum atomic E-state index is 0.617. The SMILES string of the molecule is CC1CCN(c2nnc(SCCc3ccccn3)n2C2CC2)CC1. The third-order valence-corrected chi connectivity index (χ3v) is 5.89. The molecule has 2 aliphatic rings. The fraction of sp³-hybridized carbons (Fsp3) is 0.611. The highest BCUT2D eigenvalue weighted by atomic mass is 32.2. The molecule has 0 aromatic carbocycles. The highest BCUT2D eigenvalue weighted by Crippen LogP contribution is 2.41. The summed E-state index contributed by atoms with van der Waals surface area (Å²) < 4.78 is 2.40. The molecule has 0 bridgehead atoms. The number of thioether (sulfide) groups is 1. The van der Waals surface area contributed by atoms with Crippen LogP contribution < -0.4 is 4.90 Å². The monoisotopic (exact) mass is 343 g/mol. The smallest absolute Gasteiger partial charge is 0.228 e. The fourth-order valence-electron chi connectivity index (χ4n) is 3.24. The second-order valence-corrected chi connectivity index (χ2v) is 8.03. The first-order valence-electron chi connectivity index (χ1n) is 9.04. The van der Waals surface area contributed by atoms with E-state index in [1.54, 1.807) is 0 Å².